The van der Waals surface area contributed by atoms with Gasteiger partial charge in [0.25, 0.3) is 0 Å². The molecule has 0 radical (unpaired) electrons. The summed E-state index contributed by atoms with van der Waals surface area (Å²) >= 11 is 0. The monoisotopic (exact) mass is 258 g/mol. The van der Waals surface area contributed by atoms with Crippen molar-refractivity contribution < 1.29 is 13.2 Å². The molecule has 1 unspecified atom stereocenters. The van der Waals surface area contributed by atoms with E-state index in [2.05, 4.69) is 5.32 Å². The summed E-state index contributed by atoms with van der Waals surface area (Å²) in [6, 6.07) is 2.15. The molecule has 0 spiro atoms. The summed E-state index contributed by atoms with van der Waals surface area (Å²) in [4.78, 5) is 1.75. The molecule has 0 saturated carbocycles. The molecule has 1 aromatic rings. The van der Waals surface area contributed by atoms with Gasteiger partial charge in [-0.1, -0.05) is 13.8 Å². The third-order valence-corrected chi connectivity index (χ3v) is 3.09. The van der Waals surface area contributed by atoms with Gasteiger partial charge in [0.05, 0.1) is 5.69 Å². The van der Waals surface area contributed by atoms with Crippen LogP contribution in [0, 0.1) is 17.5 Å². The summed E-state index contributed by atoms with van der Waals surface area (Å²) in [7, 11) is 0. The Labute approximate surface area is 105 Å². The van der Waals surface area contributed by atoms with Gasteiger partial charge in [-0.3, -0.25) is 0 Å². The Morgan fingerprint density at radius 3 is 2.50 bits per heavy atom. The Morgan fingerprint density at radius 1 is 1.17 bits per heavy atom. The number of benzene rings is 1. The van der Waals surface area contributed by atoms with E-state index in [4.69, 9.17) is 0 Å². The quantitative estimate of drug-likeness (QED) is 0.839. The second kappa shape index (κ2) is 5.18. The first-order valence-corrected chi connectivity index (χ1v) is 6.13. The Balaban J connectivity index is 2.12. The maximum atomic E-state index is 13.6. The largest absolute Gasteiger partial charge is 0.367 e. The van der Waals surface area contributed by atoms with Crippen LogP contribution in [0.3, 0.4) is 0 Å². The lowest BCUT2D eigenvalue weighted by atomic mass is 10.2. The number of halogens is 3. The van der Waals surface area contributed by atoms with E-state index in [1.165, 1.54) is 0 Å². The second-order valence-corrected chi connectivity index (χ2v) is 4.97. The van der Waals surface area contributed by atoms with Crippen LogP contribution in [0.25, 0.3) is 0 Å². The lowest BCUT2D eigenvalue weighted by molar-refractivity contribution is 0.488. The standard InChI is InChI=1S/C13H17F3N2/c1-8(2)17-9-3-4-18(7-9)13-6-11(15)10(14)5-12(13)16/h5-6,8-9,17H,3-4,7H2,1-2H3. The highest BCUT2D eigenvalue weighted by Gasteiger charge is 2.25. The van der Waals surface area contributed by atoms with Crippen molar-refractivity contribution in [3.63, 3.8) is 0 Å². The van der Waals surface area contributed by atoms with Crippen molar-refractivity contribution in [1.82, 2.24) is 5.32 Å². The summed E-state index contributed by atoms with van der Waals surface area (Å²) in [6.07, 6.45) is 0.872. The molecule has 1 heterocycles. The Bertz CT molecular complexity index is 434. The van der Waals surface area contributed by atoms with E-state index in [9.17, 15) is 13.2 Å². The van der Waals surface area contributed by atoms with Crippen molar-refractivity contribution in [2.75, 3.05) is 18.0 Å². The van der Waals surface area contributed by atoms with Crippen LogP contribution in [0.1, 0.15) is 20.3 Å². The van der Waals surface area contributed by atoms with Crippen molar-refractivity contribution >= 4 is 5.69 Å². The van der Waals surface area contributed by atoms with Gasteiger partial charge >= 0.3 is 0 Å². The van der Waals surface area contributed by atoms with Crippen LogP contribution in [-0.4, -0.2) is 25.2 Å². The zero-order chi connectivity index (χ0) is 13.3. The molecule has 1 aromatic carbocycles. The molecule has 5 heteroatoms. The highest BCUT2D eigenvalue weighted by molar-refractivity contribution is 5.49. The van der Waals surface area contributed by atoms with Crippen molar-refractivity contribution in [1.29, 1.82) is 0 Å². The molecule has 18 heavy (non-hydrogen) atoms. The molecule has 0 amide bonds. The number of rotatable bonds is 3. The molecule has 2 rings (SSSR count). The summed E-state index contributed by atoms with van der Waals surface area (Å²) in [5, 5.41) is 3.35. The van der Waals surface area contributed by atoms with Crippen LogP contribution in [-0.2, 0) is 0 Å². The minimum absolute atomic E-state index is 0.141. The van der Waals surface area contributed by atoms with Gasteiger partial charge in [-0.2, -0.15) is 0 Å². The first-order chi connectivity index (χ1) is 8.47. The number of nitrogens with zero attached hydrogens (tertiary/aromatic N) is 1. The zero-order valence-electron chi connectivity index (χ0n) is 10.5. The van der Waals surface area contributed by atoms with Gasteiger partial charge in [0.1, 0.15) is 5.82 Å². The fourth-order valence-electron chi connectivity index (χ4n) is 2.34. The van der Waals surface area contributed by atoms with E-state index in [1.54, 1.807) is 4.90 Å². The van der Waals surface area contributed by atoms with Gasteiger partial charge in [0, 0.05) is 37.3 Å². The SMILES string of the molecule is CC(C)NC1CCN(c2cc(F)c(F)cc2F)C1. The van der Waals surface area contributed by atoms with Gasteiger partial charge in [-0.25, -0.2) is 13.2 Å². The number of hydrogen-bond acceptors (Lipinski definition) is 2. The highest BCUT2D eigenvalue weighted by Crippen LogP contribution is 2.26. The Morgan fingerprint density at radius 2 is 1.83 bits per heavy atom. The molecule has 1 atom stereocenters. The Kier molecular flexibility index (Phi) is 3.80. The lowest BCUT2D eigenvalue weighted by Crippen LogP contribution is -2.37. The topological polar surface area (TPSA) is 15.3 Å². The minimum atomic E-state index is -1.15. The zero-order valence-corrected chi connectivity index (χ0v) is 10.5. The van der Waals surface area contributed by atoms with E-state index in [0.29, 0.717) is 25.2 Å². The maximum absolute atomic E-state index is 13.6. The average Bonchev–Trinajstić information content (AvgIpc) is 2.70. The van der Waals surface area contributed by atoms with Crippen LogP contribution in [0.15, 0.2) is 12.1 Å². The fourth-order valence-corrected chi connectivity index (χ4v) is 2.34. The first kappa shape index (κ1) is 13.2. The fraction of sp³-hybridized carbons (Fsp3) is 0.538. The predicted octanol–water partition coefficient (Wildman–Crippen LogP) is 2.68. The van der Waals surface area contributed by atoms with Gasteiger partial charge < -0.3 is 10.2 Å². The van der Waals surface area contributed by atoms with E-state index >= 15 is 0 Å². The smallest absolute Gasteiger partial charge is 0.161 e. The summed E-state index contributed by atoms with van der Waals surface area (Å²) < 4.78 is 39.6. The van der Waals surface area contributed by atoms with E-state index < -0.39 is 17.5 Å². The summed E-state index contributed by atoms with van der Waals surface area (Å²) in [5.74, 6) is -2.86. The maximum Gasteiger partial charge on any atom is 0.161 e. The van der Waals surface area contributed by atoms with Gasteiger partial charge in [0.15, 0.2) is 11.6 Å². The predicted molar refractivity (Wildman–Crippen MR) is 65.2 cm³/mol. The van der Waals surface area contributed by atoms with Crippen molar-refractivity contribution in [3.05, 3.63) is 29.6 Å². The van der Waals surface area contributed by atoms with Crippen LogP contribution in [0.2, 0.25) is 0 Å². The van der Waals surface area contributed by atoms with Crippen molar-refractivity contribution in [3.8, 4) is 0 Å². The van der Waals surface area contributed by atoms with Crippen molar-refractivity contribution in [2.24, 2.45) is 0 Å². The summed E-state index contributed by atoms with van der Waals surface area (Å²) in [5.41, 5.74) is 0.141. The molecule has 1 N–H and O–H groups in total. The van der Waals surface area contributed by atoms with Crippen LogP contribution in [0.5, 0.6) is 0 Å². The molecular formula is C13H17F3N2. The van der Waals surface area contributed by atoms with E-state index in [1.807, 2.05) is 13.8 Å². The van der Waals surface area contributed by atoms with Crippen LogP contribution in [0.4, 0.5) is 18.9 Å². The molecule has 0 aromatic heterocycles. The lowest BCUT2D eigenvalue weighted by Gasteiger charge is -2.20. The van der Waals surface area contributed by atoms with E-state index in [0.717, 1.165) is 12.5 Å². The second-order valence-electron chi connectivity index (χ2n) is 4.97. The number of nitrogens with one attached hydrogen (secondary N) is 1. The molecule has 1 saturated heterocycles. The minimum Gasteiger partial charge on any atom is -0.367 e. The average molecular weight is 258 g/mol. The normalized spacial score (nSPS) is 19.9. The van der Waals surface area contributed by atoms with Crippen molar-refractivity contribution in [2.45, 2.75) is 32.4 Å². The molecule has 0 bridgehead atoms. The van der Waals surface area contributed by atoms with Gasteiger partial charge in [-0.05, 0) is 6.42 Å². The molecule has 1 fully saturated rings. The molecule has 2 nitrogen and oxygen atoms in total. The van der Waals surface area contributed by atoms with E-state index in [-0.39, 0.29) is 11.7 Å². The van der Waals surface area contributed by atoms with Gasteiger partial charge in [0.2, 0.25) is 0 Å². The number of anilines is 1. The first-order valence-electron chi connectivity index (χ1n) is 6.13. The third-order valence-electron chi connectivity index (χ3n) is 3.09. The summed E-state index contributed by atoms with van der Waals surface area (Å²) in [6.45, 7) is 5.34. The number of hydrogen-bond donors (Lipinski definition) is 1. The third kappa shape index (κ3) is 2.77. The molecular weight excluding hydrogens is 241 g/mol. The molecule has 0 aliphatic carbocycles. The van der Waals surface area contributed by atoms with Crippen LogP contribution < -0.4 is 10.2 Å². The van der Waals surface area contributed by atoms with Gasteiger partial charge in [-0.15, -0.1) is 0 Å². The highest BCUT2D eigenvalue weighted by atomic mass is 19.2. The van der Waals surface area contributed by atoms with Crippen LogP contribution >= 0.6 is 0 Å². The molecule has 1 aliphatic rings. The molecule has 100 valence electrons. The molecule has 1 aliphatic heterocycles. The Hall–Kier alpha value is -1.23.